The van der Waals surface area contributed by atoms with Crippen LogP contribution in [-0.2, 0) is 6.54 Å². The van der Waals surface area contributed by atoms with Gasteiger partial charge in [0.05, 0.1) is 13.2 Å². The minimum absolute atomic E-state index is 0.462. The third kappa shape index (κ3) is 2.81. The van der Waals surface area contributed by atoms with Gasteiger partial charge in [-0.05, 0) is 43.1 Å². The molecule has 3 heteroatoms. The molecule has 2 aliphatic rings. The number of likely N-dealkylation sites (tertiary alicyclic amines) is 1. The third-order valence-electron chi connectivity index (χ3n) is 5.15. The number of ether oxygens (including phenoxy) is 2. The van der Waals surface area contributed by atoms with Crippen LogP contribution in [-0.4, -0.2) is 31.2 Å². The highest BCUT2D eigenvalue weighted by atomic mass is 16.5. The van der Waals surface area contributed by atoms with Gasteiger partial charge in [0.2, 0.25) is 0 Å². The van der Waals surface area contributed by atoms with E-state index >= 15 is 0 Å². The molecule has 4 rings (SSSR count). The van der Waals surface area contributed by atoms with Crippen LogP contribution in [0.25, 0.3) is 0 Å². The lowest BCUT2D eigenvalue weighted by Crippen LogP contribution is -2.48. The van der Waals surface area contributed by atoms with Gasteiger partial charge >= 0.3 is 0 Å². The Balaban J connectivity index is 1.60. The molecular formula is C20H23NO2. The Labute approximate surface area is 137 Å². The molecule has 2 unspecified atom stereocenters. The molecule has 0 amide bonds. The molecule has 2 aromatic rings. The minimum atomic E-state index is 0.462. The Morgan fingerprint density at radius 2 is 2.04 bits per heavy atom. The Kier molecular flexibility index (Phi) is 3.96. The van der Waals surface area contributed by atoms with Crippen LogP contribution >= 0.6 is 0 Å². The summed E-state index contributed by atoms with van der Waals surface area (Å²) >= 11 is 0. The van der Waals surface area contributed by atoms with Crippen molar-refractivity contribution in [1.29, 1.82) is 0 Å². The van der Waals surface area contributed by atoms with Crippen molar-refractivity contribution < 1.29 is 9.47 Å². The highest BCUT2D eigenvalue weighted by Crippen LogP contribution is 2.42. The Bertz CT molecular complexity index is 671. The number of methoxy groups -OCH3 is 1. The van der Waals surface area contributed by atoms with E-state index in [9.17, 15) is 0 Å². The van der Waals surface area contributed by atoms with E-state index in [1.54, 1.807) is 7.11 Å². The summed E-state index contributed by atoms with van der Waals surface area (Å²) < 4.78 is 11.5. The predicted octanol–water partition coefficient (Wildman–Crippen LogP) is 3.84. The van der Waals surface area contributed by atoms with Crippen LogP contribution in [0, 0.1) is 0 Å². The summed E-state index contributed by atoms with van der Waals surface area (Å²) in [5.74, 6) is 2.51. The van der Waals surface area contributed by atoms with Crippen molar-refractivity contribution in [3.05, 3.63) is 59.7 Å². The van der Waals surface area contributed by atoms with Crippen molar-refractivity contribution in [3.8, 4) is 11.5 Å². The Morgan fingerprint density at radius 3 is 2.87 bits per heavy atom. The number of hydrogen-bond acceptors (Lipinski definition) is 3. The maximum Gasteiger partial charge on any atom is 0.123 e. The van der Waals surface area contributed by atoms with E-state index in [1.165, 1.54) is 24.0 Å². The number of piperidine rings is 1. The molecule has 1 fully saturated rings. The van der Waals surface area contributed by atoms with Crippen LogP contribution in [0.4, 0.5) is 0 Å². The SMILES string of the molecule is COc1ccc2c(c1)C1CCCN(Cc3ccccc3)C1CO2. The molecule has 0 aromatic heterocycles. The second-order valence-electron chi connectivity index (χ2n) is 6.49. The van der Waals surface area contributed by atoms with E-state index in [2.05, 4.69) is 47.4 Å². The van der Waals surface area contributed by atoms with Gasteiger partial charge in [-0.3, -0.25) is 4.90 Å². The van der Waals surface area contributed by atoms with E-state index in [4.69, 9.17) is 9.47 Å². The lowest BCUT2D eigenvalue weighted by Gasteiger charge is -2.44. The molecule has 2 atom stereocenters. The molecule has 0 radical (unpaired) electrons. The summed E-state index contributed by atoms with van der Waals surface area (Å²) in [4.78, 5) is 2.59. The molecule has 2 heterocycles. The molecule has 2 aliphatic heterocycles. The molecule has 0 N–H and O–H groups in total. The summed E-state index contributed by atoms with van der Waals surface area (Å²) in [6.07, 6.45) is 2.48. The first-order valence-corrected chi connectivity index (χ1v) is 8.44. The van der Waals surface area contributed by atoms with Crippen LogP contribution in [0.2, 0.25) is 0 Å². The quantitative estimate of drug-likeness (QED) is 0.860. The molecular weight excluding hydrogens is 286 g/mol. The Hall–Kier alpha value is -2.00. The second-order valence-corrected chi connectivity index (χ2v) is 6.49. The lowest BCUT2D eigenvalue weighted by atomic mass is 9.81. The van der Waals surface area contributed by atoms with E-state index in [1.807, 2.05) is 6.07 Å². The van der Waals surface area contributed by atoms with Gasteiger partial charge in [0, 0.05) is 18.0 Å². The first-order valence-electron chi connectivity index (χ1n) is 8.44. The minimum Gasteiger partial charge on any atom is -0.497 e. The average molecular weight is 309 g/mol. The van der Waals surface area contributed by atoms with Crippen molar-refractivity contribution in [2.75, 3.05) is 20.3 Å². The van der Waals surface area contributed by atoms with Crippen LogP contribution in [0.1, 0.15) is 29.9 Å². The van der Waals surface area contributed by atoms with Crippen molar-refractivity contribution in [2.24, 2.45) is 0 Å². The molecule has 120 valence electrons. The molecule has 3 nitrogen and oxygen atoms in total. The van der Waals surface area contributed by atoms with Gasteiger partial charge in [-0.15, -0.1) is 0 Å². The van der Waals surface area contributed by atoms with Crippen molar-refractivity contribution >= 4 is 0 Å². The fourth-order valence-corrected chi connectivity index (χ4v) is 3.98. The number of fused-ring (bicyclic) bond motifs is 3. The van der Waals surface area contributed by atoms with Crippen LogP contribution in [0.3, 0.4) is 0 Å². The van der Waals surface area contributed by atoms with Gasteiger partial charge in [0.15, 0.2) is 0 Å². The molecule has 0 spiro atoms. The van der Waals surface area contributed by atoms with Crippen molar-refractivity contribution in [2.45, 2.75) is 31.3 Å². The summed E-state index contributed by atoms with van der Waals surface area (Å²) in [6, 6.07) is 17.4. The molecule has 2 aromatic carbocycles. The van der Waals surface area contributed by atoms with Gasteiger partial charge in [0.1, 0.15) is 18.1 Å². The van der Waals surface area contributed by atoms with E-state index in [0.29, 0.717) is 12.0 Å². The van der Waals surface area contributed by atoms with Gasteiger partial charge in [-0.1, -0.05) is 30.3 Å². The lowest BCUT2D eigenvalue weighted by molar-refractivity contribution is 0.0598. The molecule has 0 bridgehead atoms. The molecule has 0 saturated carbocycles. The summed E-state index contributed by atoms with van der Waals surface area (Å²) in [5, 5.41) is 0. The predicted molar refractivity (Wildman–Crippen MR) is 91.1 cm³/mol. The second kappa shape index (κ2) is 6.25. The van der Waals surface area contributed by atoms with Crippen LogP contribution in [0.5, 0.6) is 11.5 Å². The van der Waals surface area contributed by atoms with Gasteiger partial charge < -0.3 is 9.47 Å². The summed E-state index contributed by atoms with van der Waals surface area (Å²) in [5.41, 5.74) is 2.70. The number of nitrogens with zero attached hydrogens (tertiary/aromatic N) is 1. The fourth-order valence-electron chi connectivity index (χ4n) is 3.98. The molecule has 1 saturated heterocycles. The first kappa shape index (κ1) is 14.6. The zero-order valence-corrected chi connectivity index (χ0v) is 13.6. The monoisotopic (exact) mass is 309 g/mol. The van der Waals surface area contributed by atoms with Crippen LogP contribution < -0.4 is 9.47 Å². The maximum atomic E-state index is 6.06. The average Bonchev–Trinajstić information content (AvgIpc) is 2.62. The van der Waals surface area contributed by atoms with Crippen LogP contribution in [0.15, 0.2) is 48.5 Å². The largest absolute Gasteiger partial charge is 0.497 e. The number of hydrogen-bond donors (Lipinski definition) is 0. The molecule has 23 heavy (non-hydrogen) atoms. The zero-order chi connectivity index (χ0) is 15.6. The summed E-state index contributed by atoms with van der Waals surface area (Å²) in [6.45, 7) is 2.94. The van der Waals surface area contributed by atoms with Crippen molar-refractivity contribution in [3.63, 3.8) is 0 Å². The smallest absolute Gasteiger partial charge is 0.123 e. The summed E-state index contributed by atoms with van der Waals surface area (Å²) in [7, 11) is 1.73. The number of benzene rings is 2. The van der Waals surface area contributed by atoms with Gasteiger partial charge in [-0.25, -0.2) is 0 Å². The Morgan fingerprint density at radius 1 is 1.17 bits per heavy atom. The topological polar surface area (TPSA) is 21.7 Å². The molecule has 0 aliphatic carbocycles. The van der Waals surface area contributed by atoms with E-state index in [0.717, 1.165) is 31.2 Å². The van der Waals surface area contributed by atoms with E-state index in [-0.39, 0.29) is 0 Å². The van der Waals surface area contributed by atoms with E-state index < -0.39 is 0 Å². The van der Waals surface area contributed by atoms with Gasteiger partial charge in [-0.2, -0.15) is 0 Å². The highest BCUT2D eigenvalue weighted by molar-refractivity contribution is 5.45. The normalized spacial score (nSPS) is 23.5. The van der Waals surface area contributed by atoms with Crippen molar-refractivity contribution in [1.82, 2.24) is 4.90 Å². The highest BCUT2D eigenvalue weighted by Gasteiger charge is 2.37. The standard InChI is InChI=1S/C20H23NO2/c1-22-16-9-10-20-18(12-16)17-8-5-11-21(19(17)14-23-20)13-15-6-3-2-4-7-15/h2-4,6-7,9-10,12,17,19H,5,8,11,13-14H2,1H3. The van der Waals surface area contributed by atoms with Gasteiger partial charge in [0.25, 0.3) is 0 Å². The third-order valence-corrected chi connectivity index (χ3v) is 5.15. The fraction of sp³-hybridized carbons (Fsp3) is 0.400. The first-order chi connectivity index (χ1) is 11.3. The number of rotatable bonds is 3. The zero-order valence-electron chi connectivity index (χ0n) is 13.6. The maximum absolute atomic E-state index is 6.06.